The predicted molar refractivity (Wildman–Crippen MR) is 140 cm³/mol. The van der Waals surface area contributed by atoms with Gasteiger partial charge in [0.2, 0.25) is 0 Å². The number of esters is 1. The number of carbonyl (C=O) groups excluding carboxylic acids is 2. The minimum absolute atomic E-state index is 0.330. The topological polar surface area (TPSA) is 86.7 Å². The van der Waals surface area contributed by atoms with Crippen molar-refractivity contribution in [1.82, 2.24) is 5.01 Å². The molecule has 0 N–H and O–H groups in total. The van der Waals surface area contributed by atoms with E-state index in [4.69, 9.17) is 18.9 Å². The highest BCUT2D eigenvalue weighted by atomic mass is 16.5. The molecule has 1 aliphatic rings. The van der Waals surface area contributed by atoms with E-state index in [1.807, 2.05) is 54.6 Å². The van der Waals surface area contributed by atoms with Crippen LogP contribution in [0.5, 0.6) is 17.2 Å². The average molecular weight is 501 g/mol. The highest BCUT2D eigenvalue weighted by Crippen LogP contribution is 2.34. The minimum atomic E-state index is -0.661. The Hall–Kier alpha value is -4.59. The maximum atomic E-state index is 13.1. The van der Waals surface area contributed by atoms with Crippen molar-refractivity contribution in [2.75, 3.05) is 27.9 Å². The third-order valence-electron chi connectivity index (χ3n) is 5.94. The van der Waals surface area contributed by atoms with E-state index in [9.17, 15) is 9.59 Å². The summed E-state index contributed by atoms with van der Waals surface area (Å²) in [7, 11) is 4.66. The Balaban J connectivity index is 1.48. The summed E-state index contributed by atoms with van der Waals surface area (Å²) in [4.78, 5) is 25.5. The van der Waals surface area contributed by atoms with Crippen molar-refractivity contribution in [3.63, 3.8) is 0 Å². The third kappa shape index (κ3) is 5.98. The fourth-order valence-electron chi connectivity index (χ4n) is 4.08. The highest BCUT2D eigenvalue weighted by Gasteiger charge is 2.33. The number of rotatable bonds is 9. The number of carbonyl (C=O) groups is 2. The smallest absolute Gasteiger partial charge is 0.331 e. The second-order valence-electron chi connectivity index (χ2n) is 8.17. The number of ether oxygens (including phenoxy) is 4. The summed E-state index contributed by atoms with van der Waals surface area (Å²) in [5.74, 6) is 0.668. The monoisotopic (exact) mass is 500 g/mol. The number of amides is 1. The molecule has 190 valence electrons. The van der Waals surface area contributed by atoms with E-state index in [2.05, 4.69) is 5.10 Å². The van der Waals surface area contributed by atoms with Gasteiger partial charge in [-0.15, -0.1) is 0 Å². The molecule has 0 bridgehead atoms. The fraction of sp³-hybridized carbons (Fsp3) is 0.207. The lowest BCUT2D eigenvalue weighted by molar-refractivity contribution is -0.149. The first-order chi connectivity index (χ1) is 18.0. The Bertz CT molecular complexity index is 1300. The minimum Gasteiger partial charge on any atom is -0.497 e. The van der Waals surface area contributed by atoms with Crippen LogP contribution < -0.4 is 14.2 Å². The molecule has 1 amide bonds. The molecule has 4 rings (SSSR count). The van der Waals surface area contributed by atoms with Gasteiger partial charge in [0.25, 0.3) is 5.91 Å². The summed E-state index contributed by atoms with van der Waals surface area (Å²) >= 11 is 0. The molecule has 0 aliphatic carbocycles. The van der Waals surface area contributed by atoms with Crippen LogP contribution in [0.3, 0.4) is 0 Å². The first-order valence-electron chi connectivity index (χ1n) is 11.7. The summed E-state index contributed by atoms with van der Waals surface area (Å²) in [6, 6.07) is 22.2. The molecule has 0 fully saturated rings. The van der Waals surface area contributed by atoms with E-state index in [1.165, 1.54) is 25.3 Å². The van der Waals surface area contributed by atoms with E-state index in [0.717, 1.165) is 22.6 Å². The number of para-hydroxylation sites is 1. The van der Waals surface area contributed by atoms with E-state index in [-0.39, 0.29) is 6.04 Å². The first-order valence-corrected chi connectivity index (χ1v) is 11.7. The summed E-state index contributed by atoms with van der Waals surface area (Å²) in [5, 5.41) is 6.00. The average Bonchev–Trinajstić information content (AvgIpc) is 3.40. The third-order valence-corrected chi connectivity index (χ3v) is 5.94. The lowest BCUT2D eigenvalue weighted by atomic mass is 9.98. The normalized spacial score (nSPS) is 14.8. The van der Waals surface area contributed by atoms with Crippen LogP contribution in [0.4, 0.5) is 0 Å². The van der Waals surface area contributed by atoms with Gasteiger partial charge in [-0.25, -0.2) is 9.80 Å². The van der Waals surface area contributed by atoms with Gasteiger partial charge < -0.3 is 18.9 Å². The Labute approximate surface area is 215 Å². The van der Waals surface area contributed by atoms with E-state index < -0.39 is 18.5 Å². The standard InChI is InChI=1S/C29H28N2O6/c1-34-23-15-12-21(13-16-23)25-18-24(20-8-5-4-6-9-20)30-31(25)27(32)19-37-28(33)17-14-22-10-7-11-26(35-2)29(22)36-3/h4-17,25H,18-19H2,1-3H3/b17-14+. The van der Waals surface area contributed by atoms with Crippen LogP contribution in [0.15, 0.2) is 84.0 Å². The molecule has 0 spiro atoms. The van der Waals surface area contributed by atoms with Gasteiger partial charge in [0.15, 0.2) is 18.1 Å². The number of hydrogen-bond acceptors (Lipinski definition) is 7. The van der Waals surface area contributed by atoms with Crippen molar-refractivity contribution in [2.24, 2.45) is 5.10 Å². The summed E-state index contributed by atoms with van der Waals surface area (Å²) < 4.78 is 21.2. The Morgan fingerprint density at radius 3 is 2.35 bits per heavy atom. The van der Waals surface area contributed by atoms with Crippen LogP contribution in [-0.2, 0) is 14.3 Å². The molecule has 3 aromatic rings. The van der Waals surface area contributed by atoms with Crippen LogP contribution in [0.25, 0.3) is 6.08 Å². The van der Waals surface area contributed by atoms with Crippen LogP contribution in [0.2, 0.25) is 0 Å². The summed E-state index contributed by atoms with van der Waals surface area (Å²) in [6.45, 7) is -0.448. The number of hydrazone groups is 1. The van der Waals surface area contributed by atoms with Crippen molar-refractivity contribution in [3.05, 3.63) is 95.6 Å². The van der Waals surface area contributed by atoms with Gasteiger partial charge in [-0.2, -0.15) is 5.10 Å². The van der Waals surface area contributed by atoms with Crippen molar-refractivity contribution < 1.29 is 28.5 Å². The molecule has 0 radical (unpaired) electrons. The molecule has 1 atom stereocenters. The number of nitrogens with zero attached hydrogens (tertiary/aromatic N) is 2. The van der Waals surface area contributed by atoms with E-state index >= 15 is 0 Å². The Morgan fingerprint density at radius 2 is 1.68 bits per heavy atom. The van der Waals surface area contributed by atoms with Gasteiger partial charge in [0, 0.05) is 18.1 Å². The van der Waals surface area contributed by atoms with Gasteiger partial charge >= 0.3 is 5.97 Å². The van der Waals surface area contributed by atoms with Crippen LogP contribution in [0.1, 0.15) is 29.2 Å². The summed E-state index contributed by atoms with van der Waals surface area (Å²) in [6.07, 6.45) is 3.33. The molecule has 37 heavy (non-hydrogen) atoms. The molecule has 1 aliphatic heterocycles. The van der Waals surface area contributed by atoms with Crippen molar-refractivity contribution >= 4 is 23.7 Å². The largest absolute Gasteiger partial charge is 0.497 e. The molecule has 8 nitrogen and oxygen atoms in total. The van der Waals surface area contributed by atoms with Gasteiger partial charge in [-0.05, 0) is 35.4 Å². The predicted octanol–water partition coefficient (Wildman–Crippen LogP) is 4.65. The Morgan fingerprint density at radius 1 is 0.919 bits per heavy atom. The van der Waals surface area contributed by atoms with E-state index in [0.29, 0.717) is 23.5 Å². The summed E-state index contributed by atoms with van der Waals surface area (Å²) in [5.41, 5.74) is 3.26. The van der Waals surface area contributed by atoms with Crippen LogP contribution >= 0.6 is 0 Å². The first kappa shape index (κ1) is 25.5. The van der Waals surface area contributed by atoms with Crippen molar-refractivity contribution in [2.45, 2.75) is 12.5 Å². The maximum absolute atomic E-state index is 13.1. The molecular weight excluding hydrogens is 472 g/mol. The Kier molecular flexibility index (Phi) is 8.20. The van der Waals surface area contributed by atoms with Gasteiger partial charge in [0.1, 0.15) is 5.75 Å². The van der Waals surface area contributed by atoms with Crippen molar-refractivity contribution in [3.8, 4) is 17.2 Å². The second-order valence-corrected chi connectivity index (χ2v) is 8.17. The molecule has 3 aromatic carbocycles. The highest BCUT2D eigenvalue weighted by molar-refractivity contribution is 6.03. The molecule has 1 heterocycles. The van der Waals surface area contributed by atoms with Gasteiger partial charge in [-0.1, -0.05) is 54.6 Å². The zero-order valence-corrected chi connectivity index (χ0v) is 20.9. The van der Waals surface area contributed by atoms with Crippen LogP contribution in [-0.4, -0.2) is 50.5 Å². The number of methoxy groups -OCH3 is 3. The fourth-order valence-corrected chi connectivity index (χ4v) is 4.08. The zero-order chi connectivity index (χ0) is 26.2. The molecular formula is C29H28N2O6. The molecule has 0 saturated carbocycles. The maximum Gasteiger partial charge on any atom is 0.331 e. The lowest BCUT2D eigenvalue weighted by Gasteiger charge is -2.22. The lowest BCUT2D eigenvalue weighted by Crippen LogP contribution is -2.31. The van der Waals surface area contributed by atoms with Gasteiger partial charge in [-0.3, -0.25) is 4.79 Å². The molecule has 0 saturated heterocycles. The second kappa shape index (κ2) is 11.9. The SMILES string of the molecule is COc1ccc(C2CC(c3ccccc3)=NN2C(=O)COC(=O)/C=C/c2cccc(OC)c2OC)cc1. The molecule has 1 unspecified atom stereocenters. The molecule has 8 heteroatoms. The number of benzene rings is 3. The molecule has 0 aromatic heterocycles. The van der Waals surface area contributed by atoms with Gasteiger partial charge in [0.05, 0.1) is 33.1 Å². The quantitative estimate of drug-likeness (QED) is 0.314. The number of hydrogen-bond donors (Lipinski definition) is 0. The zero-order valence-electron chi connectivity index (χ0n) is 20.9. The van der Waals surface area contributed by atoms with Crippen LogP contribution in [0, 0.1) is 0 Å². The van der Waals surface area contributed by atoms with Crippen molar-refractivity contribution in [1.29, 1.82) is 0 Å². The van der Waals surface area contributed by atoms with E-state index in [1.54, 1.807) is 31.4 Å².